The molecule has 0 spiro atoms. The first kappa shape index (κ1) is 15.0. The van der Waals surface area contributed by atoms with E-state index in [0.717, 1.165) is 0 Å². The lowest BCUT2D eigenvalue weighted by Crippen LogP contribution is -2.14. The van der Waals surface area contributed by atoms with Gasteiger partial charge in [0, 0.05) is 5.69 Å². The zero-order valence-electron chi connectivity index (χ0n) is 10.7. The van der Waals surface area contributed by atoms with Crippen molar-refractivity contribution in [1.29, 1.82) is 0 Å². The predicted octanol–water partition coefficient (Wildman–Crippen LogP) is 2.99. The summed E-state index contributed by atoms with van der Waals surface area (Å²) in [7, 11) is 0. The van der Waals surface area contributed by atoms with Crippen LogP contribution in [0, 0.1) is 10.1 Å². The number of nitro benzene ring substituents is 1. The highest BCUT2D eigenvalue weighted by molar-refractivity contribution is 6.33. The first-order valence-electron chi connectivity index (χ1n) is 5.97. The quantitative estimate of drug-likeness (QED) is 0.671. The van der Waals surface area contributed by atoms with Crippen molar-refractivity contribution in [3.8, 4) is 0 Å². The van der Waals surface area contributed by atoms with Crippen LogP contribution in [-0.2, 0) is 6.61 Å². The van der Waals surface area contributed by atoms with E-state index in [4.69, 9.17) is 16.7 Å². The highest BCUT2D eigenvalue weighted by Crippen LogP contribution is 2.28. The molecule has 0 aliphatic rings. The minimum atomic E-state index is -0.693. The van der Waals surface area contributed by atoms with E-state index in [1.807, 2.05) is 0 Å². The third kappa shape index (κ3) is 3.36. The molecule has 0 saturated carbocycles. The number of aliphatic hydroxyl groups is 1. The van der Waals surface area contributed by atoms with E-state index >= 15 is 0 Å². The van der Waals surface area contributed by atoms with E-state index in [0.29, 0.717) is 11.3 Å². The molecule has 0 radical (unpaired) electrons. The number of rotatable bonds is 4. The fourth-order valence-corrected chi connectivity index (χ4v) is 2.07. The molecule has 0 heterocycles. The second-order valence-corrected chi connectivity index (χ2v) is 4.61. The van der Waals surface area contributed by atoms with E-state index in [9.17, 15) is 14.9 Å². The van der Waals surface area contributed by atoms with Crippen molar-refractivity contribution in [2.24, 2.45) is 0 Å². The summed E-state index contributed by atoms with van der Waals surface area (Å²) in [6.07, 6.45) is 0. The summed E-state index contributed by atoms with van der Waals surface area (Å²) < 4.78 is 0. The molecule has 0 aromatic heterocycles. The number of hydrogen-bond acceptors (Lipinski definition) is 4. The van der Waals surface area contributed by atoms with Crippen LogP contribution in [0.15, 0.2) is 42.5 Å². The molecule has 21 heavy (non-hydrogen) atoms. The predicted molar refractivity (Wildman–Crippen MR) is 78.4 cm³/mol. The molecule has 2 aromatic carbocycles. The third-order valence-electron chi connectivity index (χ3n) is 2.78. The second-order valence-electron chi connectivity index (χ2n) is 4.21. The number of hydrogen-bond donors (Lipinski definition) is 2. The van der Waals surface area contributed by atoms with Gasteiger partial charge in [0.15, 0.2) is 0 Å². The lowest BCUT2D eigenvalue weighted by molar-refractivity contribution is -0.385. The molecule has 0 unspecified atom stereocenters. The molecule has 2 aromatic rings. The zero-order chi connectivity index (χ0) is 15.4. The topological polar surface area (TPSA) is 92.5 Å². The van der Waals surface area contributed by atoms with Gasteiger partial charge >= 0.3 is 5.69 Å². The molecule has 108 valence electrons. The molecule has 0 atom stereocenters. The van der Waals surface area contributed by atoms with E-state index in [1.54, 1.807) is 24.3 Å². The smallest absolute Gasteiger partial charge is 0.300 e. The Hall–Kier alpha value is -2.44. The number of para-hydroxylation sites is 1. The molecule has 0 bridgehead atoms. The van der Waals surface area contributed by atoms with Gasteiger partial charge in [0.1, 0.15) is 10.6 Å². The van der Waals surface area contributed by atoms with Gasteiger partial charge in [-0.05, 0) is 29.8 Å². The number of amides is 1. The minimum Gasteiger partial charge on any atom is -0.392 e. The van der Waals surface area contributed by atoms with Crippen molar-refractivity contribution in [3.63, 3.8) is 0 Å². The Bertz CT molecular complexity index is 703. The van der Waals surface area contributed by atoms with Gasteiger partial charge in [-0.3, -0.25) is 14.9 Å². The van der Waals surface area contributed by atoms with Crippen molar-refractivity contribution in [3.05, 3.63) is 68.7 Å². The summed E-state index contributed by atoms with van der Waals surface area (Å²) in [5.41, 5.74) is 0.492. The lowest BCUT2D eigenvalue weighted by Gasteiger charge is -2.07. The maximum Gasteiger partial charge on any atom is 0.300 e. The van der Waals surface area contributed by atoms with Crippen molar-refractivity contribution >= 4 is 28.9 Å². The second kappa shape index (κ2) is 6.34. The van der Waals surface area contributed by atoms with Crippen molar-refractivity contribution in [2.45, 2.75) is 6.61 Å². The number of carbonyl (C=O) groups excluding carboxylic acids is 1. The number of halogens is 1. The molecular formula is C14H11ClN2O4. The van der Waals surface area contributed by atoms with Crippen LogP contribution in [0.2, 0.25) is 5.02 Å². The number of nitro groups is 1. The summed E-state index contributed by atoms with van der Waals surface area (Å²) >= 11 is 5.76. The Labute approximate surface area is 125 Å². The Morgan fingerprint density at radius 1 is 1.29 bits per heavy atom. The van der Waals surface area contributed by atoms with Crippen LogP contribution in [0.1, 0.15) is 15.9 Å². The first-order valence-corrected chi connectivity index (χ1v) is 6.34. The Morgan fingerprint density at radius 3 is 2.67 bits per heavy atom. The van der Waals surface area contributed by atoms with Crippen molar-refractivity contribution in [1.82, 2.24) is 0 Å². The Balaban J connectivity index is 2.32. The van der Waals surface area contributed by atoms with Crippen LogP contribution >= 0.6 is 11.6 Å². The van der Waals surface area contributed by atoms with E-state index in [2.05, 4.69) is 5.32 Å². The number of nitrogens with zero attached hydrogens (tertiary/aromatic N) is 1. The minimum absolute atomic E-state index is 0.100. The van der Waals surface area contributed by atoms with Crippen LogP contribution < -0.4 is 5.32 Å². The summed E-state index contributed by atoms with van der Waals surface area (Å²) in [4.78, 5) is 22.5. The highest BCUT2D eigenvalue weighted by atomic mass is 35.5. The molecule has 2 rings (SSSR count). The van der Waals surface area contributed by atoms with Gasteiger partial charge in [0.25, 0.3) is 5.91 Å². The summed E-state index contributed by atoms with van der Waals surface area (Å²) in [5, 5.41) is 22.5. The molecule has 0 aliphatic carbocycles. The number of nitrogens with one attached hydrogen (secondary N) is 1. The molecule has 7 heteroatoms. The fourth-order valence-electron chi connectivity index (χ4n) is 1.83. The van der Waals surface area contributed by atoms with Crippen LogP contribution in [0.3, 0.4) is 0 Å². The monoisotopic (exact) mass is 306 g/mol. The molecule has 0 aliphatic heterocycles. The van der Waals surface area contributed by atoms with Gasteiger partial charge < -0.3 is 10.4 Å². The average Bonchev–Trinajstić information content (AvgIpc) is 2.46. The zero-order valence-corrected chi connectivity index (χ0v) is 11.5. The summed E-state index contributed by atoms with van der Waals surface area (Å²) in [6.45, 7) is -0.166. The lowest BCUT2D eigenvalue weighted by atomic mass is 10.1. The van der Waals surface area contributed by atoms with Gasteiger partial charge in [-0.1, -0.05) is 29.8 Å². The third-order valence-corrected chi connectivity index (χ3v) is 3.09. The molecular weight excluding hydrogens is 296 g/mol. The largest absolute Gasteiger partial charge is 0.392 e. The fraction of sp³-hybridized carbons (Fsp3) is 0.0714. The Kier molecular flexibility index (Phi) is 4.52. The highest BCUT2D eigenvalue weighted by Gasteiger charge is 2.23. The van der Waals surface area contributed by atoms with Gasteiger partial charge in [-0.15, -0.1) is 0 Å². The van der Waals surface area contributed by atoms with Gasteiger partial charge in [-0.25, -0.2) is 0 Å². The summed E-state index contributed by atoms with van der Waals surface area (Å²) in [6, 6.07) is 10.7. The van der Waals surface area contributed by atoms with E-state index in [1.165, 1.54) is 18.2 Å². The van der Waals surface area contributed by atoms with Gasteiger partial charge in [0.05, 0.1) is 11.5 Å². The van der Waals surface area contributed by atoms with Crippen LogP contribution in [0.4, 0.5) is 11.4 Å². The average molecular weight is 307 g/mol. The molecule has 6 nitrogen and oxygen atoms in total. The SMILES string of the molecule is O=C(Nc1cccc(CO)c1)c1cccc(Cl)c1[N+](=O)[O-]. The Morgan fingerprint density at radius 2 is 2.00 bits per heavy atom. The molecule has 0 fully saturated rings. The van der Waals surface area contributed by atoms with Gasteiger partial charge in [0.2, 0.25) is 0 Å². The molecule has 1 amide bonds. The van der Waals surface area contributed by atoms with Crippen LogP contribution in [0.25, 0.3) is 0 Å². The normalized spacial score (nSPS) is 10.2. The molecule has 0 saturated heterocycles. The maximum atomic E-state index is 12.2. The van der Waals surface area contributed by atoms with Crippen molar-refractivity contribution in [2.75, 3.05) is 5.32 Å². The first-order chi connectivity index (χ1) is 10.0. The van der Waals surface area contributed by atoms with Crippen LogP contribution in [-0.4, -0.2) is 15.9 Å². The van der Waals surface area contributed by atoms with Crippen LogP contribution in [0.5, 0.6) is 0 Å². The number of carbonyl (C=O) groups is 1. The standard InChI is InChI=1S/C14H11ClN2O4/c15-12-6-2-5-11(13(12)17(20)21)14(19)16-10-4-1-3-9(7-10)8-18/h1-7,18H,8H2,(H,16,19). The summed E-state index contributed by atoms with van der Waals surface area (Å²) in [5.74, 6) is -0.640. The number of aliphatic hydroxyl groups excluding tert-OH is 1. The van der Waals surface area contributed by atoms with Gasteiger partial charge in [-0.2, -0.15) is 0 Å². The number of anilines is 1. The maximum absolute atomic E-state index is 12.2. The number of benzene rings is 2. The van der Waals surface area contributed by atoms with E-state index < -0.39 is 16.5 Å². The molecule has 2 N–H and O–H groups in total. The van der Waals surface area contributed by atoms with Crippen molar-refractivity contribution < 1.29 is 14.8 Å². The van der Waals surface area contributed by atoms with E-state index in [-0.39, 0.29) is 17.2 Å².